The third-order valence-corrected chi connectivity index (χ3v) is 24.6. The van der Waals surface area contributed by atoms with E-state index in [1.165, 1.54) is 93.8 Å². The van der Waals surface area contributed by atoms with E-state index in [-0.39, 0.29) is 11.8 Å². The van der Waals surface area contributed by atoms with Gasteiger partial charge in [-0.1, -0.05) is 291 Å². The highest BCUT2D eigenvalue weighted by Crippen LogP contribution is 2.69. The minimum Gasteiger partial charge on any atom is -0.309 e. The van der Waals surface area contributed by atoms with Crippen molar-refractivity contribution in [3.63, 3.8) is 0 Å². The topological polar surface area (TPSA) is 17.1 Å². The highest BCUT2D eigenvalue weighted by atomic mass is 31.2. The summed E-state index contributed by atoms with van der Waals surface area (Å²) >= 11 is 0. The van der Waals surface area contributed by atoms with Crippen molar-refractivity contribution < 1.29 is 4.57 Å². The van der Waals surface area contributed by atoms with E-state index in [9.17, 15) is 0 Å². The fourth-order valence-electron chi connectivity index (χ4n) is 16.4. The molecule has 11 aromatic carbocycles. The molecule has 2 heterocycles. The fourth-order valence-corrected chi connectivity index (χ4v) is 22.3. The van der Waals surface area contributed by atoms with Crippen molar-refractivity contribution in [2.24, 2.45) is 5.92 Å². The first-order valence-electron chi connectivity index (χ1n) is 27.5. The lowest BCUT2D eigenvalue weighted by molar-refractivity contribution is 0.457. The number of fused-ring (bicyclic) bond motifs is 21. The largest absolute Gasteiger partial charge is 0.309 e. The predicted octanol–water partition coefficient (Wildman–Crippen LogP) is 14.6. The molecule has 0 bridgehead atoms. The second kappa shape index (κ2) is 16.3. The van der Waals surface area contributed by atoms with Crippen LogP contribution < -0.4 is 31.8 Å². The molecular formula is C75H50OP2. The summed E-state index contributed by atoms with van der Waals surface area (Å²) in [7, 11) is -4.19. The molecule has 3 heteroatoms. The molecule has 4 aliphatic carbocycles. The van der Waals surface area contributed by atoms with Crippen molar-refractivity contribution in [3.05, 3.63) is 358 Å². The summed E-state index contributed by atoms with van der Waals surface area (Å²) in [5, 5.41) is 6.94. The van der Waals surface area contributed by atoms with Gasteiger partial charge in [0, 0.05) is 27.7 Å². The molecule has 2 spiro atoms. The van der Waals surface area contributed by atoms with Gasteiger partial charge in [-0.15, -0.1) is 0 Å². The van der Waals surface area contributed by atoms with Crippen LogP contribution in [0.2, 0.25) is 0 Å². The third-order valence-electron chi connectivity index (χ3n) is 18.9. The Morgan fingerprint density at radius 2 is 0.744 bits per heavy atom. The molecule has 0 saturated carbocycles. The van der Waals surface area contributed by atoms with Gasteiger partial charge in [0.25, 0.3) is 0 Å². The van der Waals surface area contributed by atoms with Crippen molar-refractivity contribution in [2.45, 2.75) is 22.2 Å². The monoisotopic (exact) mass is 1030 g/mol. The zero-order chi connectivity index (χ0) is 51.4. The van der Waals surface area contributed by atoms with Crippen LogP contribution in [-0.2, 0) is 20.8 Å². The average molecular weight is 1030 g/mol. The Kier molecular flexibility index (Phi) is 9.33. The normalized spacial score (nSPS) is 23.2. The molecule has 2 unspecified atom stereocenters. The highest BCUT2D eigenvalue weighted by molar-refractivity contribution is 7.85. The number of benzene rings is 11. The van der Waals surface area contributed by atoms with Crippen LogP contribution in [-0.4, -0.2) is 0 Å². The van der Waals surface area contributed by atoms with Crippen LogP contribution in [0.4, 0.5) is 0 Å². The zero-order valence-electron chi connectivity index (χ0n) is 42.7. The van der Waals surface area contributed by atoms with Crippen molar-refractivity contribution in [3.8, 4) is 22.3 Å². The number of allylic oxidation sites excluding steroid dienone is 4. The summed E-state index contributed by atoms with van der Waals surface area (Å²) in [4.78, 5) is 0. The smallest absolute Gasteiger partial charge is 0.171 e. The van der Waals surface area contributed by atoms with E-state index in [0.29, 0.717) is 0 Å². The predicted molar refractivity (Wildman–Crippen MR) is 324 cm³/mol. The Labute approximate surface area is 457 Å². The van der Waals surface area contributed by atoms with Crippen LogP contribution in [0.3, 0.4) is 0 Å². The Bertz CT molecular complexity index is 4320. The van der Waals surface area contributed by atoms with Gasteiger partial charge in [-0.25, -0.2) is 0 Å². The molecule has 2 atom stereocenters. The Morgan fingerprint density at radius 1 is 0.333 bits per heavy atom. The maximum atomic E-state index is 16.6. The van der Waals surface area contributed by atoms with Gasteiger partial charge in [-0.2, -0.15) is 0 Å². The van der Waals surface area contributed by atoms with Gasteiger partial charge >= 0.3 is 0 Å². The van der Waals surface area contributed by atoms with Crippen LogP contribution >= 0.6 is 15.1 Å². The summed E-state index contributed by atoms with van der Waals surface area (Å²) in [5.74, 6) is -0.00677. The molecule has 0 amide bonds. The summed E-state index contributed by atoms with van der Waals surface area (Å²) in [6.45, 7) is 0. The summed E-state index contributed by atoms with van der Waals surface area (Å²) in [6, 6.07) is 100. The third kappa shape index (κ3) is 5.30. The van der Waals surface area contributed by atoms with Crippen molar-refractivity contribution in [1.82, 2.24) is 0 Å². The molecule has 0 radical (unpaired) electrons. The molecule has 17 rings (SSSR count). The summed E-state index contributed by atoms with van der Waals surface area (Å²) in [6.07, 6.45) is 9.51. The second-order valence-electron chi connectivity index (χ2n) is 21.9. The van der Waals surface area contributed by atoms with Gasteiger partial charge < -0.3 is 4.57 Å². The second-order valence-corrected chi connectivity index (χ2v) is 26.8. The van der Waals surface area contributed by atoms with Crippen LogP contribution in [0.15, 0.2) is 291 Å². The number of hydrogen-bond donors (Lipinski definition) is 0. The van der Waals surface area contributed by atoms with Crippen molar-refractivity contribution >= 4 is 46.9 Å². The van der Waals surface area contributed by atoms with Gasteiger partial charge in [0.2, 0.25) is 0 Å². The molecule has 78 heavy (non-hydrogen) atoms. The molecule has 0 N–H and O–H groups in total. The van der Waals surface area contributed by atoms with Gasteiger partial charge in [-0.3, -0.25) is 0 Å². The van der Waals surface area contributed by atoms with Gasteiger partial charge in [0.05, 0.1) is 16.2 Å². The van der Waals surface area contributed by atoms with Crippen LogP contribution in [0, 0.1) is 5.92 Å². The number of hydrogen-bond acceptors (Lipinski definition) is 1. The lowest BCUT2D eigenvalue weighted by Crippen LogP contribution is -2.48. The van der Waals surface area contributed by atoms with Crippen LogP contribution in [0.25, 0.3) is 22.3 Å². The van der Waals surface area contributed by atoms with E-state index in [4.69, 9.17) is 0 Å². The summed E-state index contributed by atoms with van der Waals surface area (Å²) < 4.78 is 16.6. The fraction of sp³-hybridized carbons (Fsp3) is 0.0667. The minimum atomic E-state index is -3.33. The quantitative estimate of drug-likeness (QED) is 0.161. The van der Waals surface area contributed by atoms with Gasteiger partial charge in [-0.05, 0) is 113 Å². The molecule has 6 aliphatic rings. The first-order valence-corrected chi connectivity index (χ1v) is 30.5. The van der Waals surface area contributed by atoms with Crippen LogP contribution in [0.1, 0.15) is 72.7 Å². The Balaban J connectivity index is 1.01. The van der Waals surface area contributed by atoms with Crippen molar-refractivity contribution in [2.75, 3.05) is 0 Å². The first-order chi connectivity index (χ1) is 38.6. The van der Waals surface area contributed by atoms with E-state index in [2.05, 4.69) is 273 Å². The van der Waals surface area contributed by atoms with E-state index in [0.717, 1.165) is 27.0 Å². The molecule has 0 saturated heterocycles. The molecular weight excluding hydrogens is 979 g/mol. The van der Waals surface area contributed by atoms with E-state index in [1.807, 2.05) is 18.2 Å². The van der Waals surface area contributed by atoms with E-state index >= 15 is 4.57 Å². The molecule has 2 aliphatic heterocycles. The lowest BCUT2D eigenvalue weighted by Gasteiger charge is -2.46. The average Bonchev–Trinajstić information content (AvgIpc) is 2.48. The Hall–Kier alpha value is -8.44. The summed E-state index contributed by atoms with van der Waals surface area (Å²) in [5.41, 5.74) is 18.7. The Morgan fingerprint density at radius 3 is 1.33 bits per heavy atom. The molecule has 366 valence electrons. The zero-order valence-corrected chi connectivity index (χ0v) is 44.5. The van der Waals surface area contributed by atoms with Gasteiger partial charge in [0.1, 0.15) is 0 Å². The lowest BCUT2D eigenvalue weighted by atomic mass is 9.62. The standard InChI is InChI=1S/C75H50OP2/c76-78(50-27-5-2-6-28-50)69-47-21-17-39-61(69)75(62-40-18-22-48-70(62)78)58-36-14-10-32-54(58)72-64(42-24-44-66(72)75)73(55-33-11-7-29-51(55)52-30-8-12-34-56(52)73)63-41-23-43-65-71(63)53-31-9-13-35-57(53)74(65)59-37-15-19-45-67(59)77(49-25-3-1-4-26-49)68-46-20-16-38-60(68)74/h1-48,54,58H. The van der Waals surface area contributed by atoms with Crippen molar-refractivity contribution in [1.29, 1.82) is 0 Å². The van der Waals surface area contributed by atoms with Gasteiger partial charge in [0.15, 0.2) is 7.14 Å². The van der Waals surface area contributed by atoms with E-state index < -0.39 is 31.3 Å². The molecule has 1 nitrogen and oxygen atoms in total. The molecule has 0 aromatic heterocycles. The SMILES string of the molecule is O=P1(c2ccccc2)c2ccccc2C2(c3ccccc31)c1cccc(C3(c4cccc5c4-c4ccccc4C54c5ccccc5P(c5ccccc5)c5ccccc54)c4ccccc4-c4ccccc43)c1C1C=CC=CC12. The first kappa shape index (κ1) is 44.7. The van der Waals surface area contributed by atoms with Crippen LogP contribution in [0.5, 0.6) is 0 Å². The maximum absolute atomic E-state index is 16.6. The maximum Gasteiger partial charge on any atom is 0.171 e. The molecule has 0 fully saturated rings. The van der Waals surface area contributed by atoms with E-state index in [1.54, 1.807) is 0 Å². The minimum absolute atomic E-state index is 0.00181. The molecule has 11 aromatic rings. The highest BCUT2D eigenvalue weighted by Gasteiger charge is 2.62. The number of rotatable bonds is 4.